The highest BCUT2D eigenvalue weighted by molar-refractivity contribution is 5.97. The molecule has 0 aliphatic carbocycles. The van der Waals surface area contributed by atoms with E-state index in [1.807, 2.05) is 0 Å². The first kappa shape index (κ1) is 16.5. The van der Waals surface area contributed by atoms with Gasteiger partial charge in [-0.15, -0.1) is 0 Å². The first-order chi connectivity index (χ1) is 12.0. The van der Waals surface area contributed by atoms with Crippen LogP contribution in [0.3, 0.4) is 0 Å². The molecule has 0 spiro atoms. The topological polar surface area (TPSA) is 90.2 Å². The number of aldehydes is 1. The van der Waals surface area contributed by atoms with E-state index in [-0.39, 0.29) is 11.8 Å². The van der Waals surface area contributed by atoms with Gasteiger partial charge in [0, 0.05) is 28.5 Å². The third-order valence-corrected chi connectivity index (χ3v) is 3.99. The lowest BCUT2D eigenvalue weighted by Gasteiger charge is -2.15. The van der Waals surface area contributed by atoms with Gasteiger partial charge in [-0.1, -0.05) is 6.07 Å². The number of nitrogens with zero attached hydrogens (tertiary/aromatic N) is 1. The molecule has 0 saturated carbocycles. The Morgan fingerprint density at radius 1 is 0.880 bits per heavy atom. The van der Waals surface area contributed by atoms with E-state index in [0.717, 1.165) is 0 Å². The first-order valence-corrected chi connectivity index (χ1v) is 7.37. The van der Waals surface area contributed by atoms with Crippen molar-refractivity contribution in [1.29, 1.82) is 0 Å². The minimum atomic E-state index is -0.203. The Bertz CT molecular complexity index is 935. The molecule has 2 aromatic carbocycles. The number of benzene rings is 2. The van der Waals surface area contributed by atoms with E-state index in [1.165, 1.54) is 32.0 Å². The molecule has 1 heterocycles. The second-order valence-corrected chi connectivity index (χ2v) is 5.29. The minimum absolute atomic E-state index is 0.167. The molecule has 0 radical (unpaired) electrons. The summed E-state index contributed by atoms with van der Waals surface area (Å²) in [5.41, 5.74) is 0.804. The van der Waals surface area contributed by atoms with Crippen LogP contribution in [-0.2, 0) is 0 Å². The summed E-state index contributed by atoms with van der Waals surface area (Å²) in [7, 11) is 4.44. The van der Waals surface area contributed by atoms with Crippen LogP contribution in [0, 0.1) is 0 Å². The number of aromatic nitrogens is 1. The normalized spacial score (nSPS) is 10.7. The highest BCUT2D eigenvalue weighted by Gasteiger charge is 2.21. The smallest absolute Gasteiger partial charge is 0.206 e. The second kappa shape index (κ2) is 6.27. The van der Waals surface area contributed by atoms with E-state index in [2.05, 4.69) is 0 Å². The molecule has 3 rings (SSSR count). The highest BCUT2D eigenvalue weighted by atomic mass is 16.5. The lowest BCUT2D eigenvalue weighted by Crippen LogP contribution is -1.99. The maximum Gasteiger partial charge on any atom is 0.206 e. The Balaban J connectivity index is 2.31. The Kier molecular flexibility index (Phi) is 4.14. The molecular formula is C18H17NO6. The molecule has 7 heteroatoms. The van der Waals surface area contributed by atoms with Crippen molar-refractivity contribution in [3.05, 3.63) is 35.9 Å². The van der Waals surface area contributed by atoms with Gasteiger partial charge in [0.25, 0.3) is 0 Å². The van der Waals surface area contributed by atoms with E-state index in [9.17, 15) is 15.0 Å². The number of aromatic hydroxyl groups is 2. The number of hydrogen-bond donors (Lipinski definition) is 2. The van der Waals surface area contributed by atoms with Crippen LogP contribution in [0.4, 0.5) is 0 Å². The number of rotatable bonds is 5. The number of hydrogen-bond acceptors (Lipinski definition) is 6. The van der Waals surface area contributed by atoms with Crippen molar-refractivity contribution in [2.75, 3.05) is 21.3 Å². The first-order valence-electron chi connectivity index (χ1n) is 7.37. The average Bonchev–Trinajstić information content (AvgIpc) is 2.90. The maximum atomic E-state index is 11.0. The van der Waals surface area contributed by atoms with Crippen LogP contribution in [0.5, 0.6) is 29.0 Å². The minimum Gasteiger partial charge on any atom is -0.494 e. The second-order valence-electron chi connectivity index (χ2n) is 5.29. The highest BCUT2D eigenvalue weighted by Crippen LogP contribution is 2.44. The molecule has 0 bridgehead atoms. The summed E-state index contributed by atoms with van der Waals surface area (Å²) in [6.45, 7) is 0. The zero-order chi connectivity index (χ0) is 18.1. The predicted molar refractivity (Wildman–Crippen MR) is 91.6 cm³/mol. The predicted octanol–water partition coefficient (Wildman–Crippen LogP) is 2.88. The molecule has 0 amide bonds. The molecule has 1 aromatic heterocycles. The molecule has 2 N–H and O–H groups in total. The van der Waals surface area contributed by atoms with Crippen molar-refractivity contribution in [2.45, 2.75) is 0 Å². The van der Waals surface area contributed by atoms with Gasteiger partial charge in [0.15, 0.2) is 11.5 Å². The van der Waals surface area contributed by atoms with Crippen LogP contribution in [0.25, 0.3) is 16.5 Å². The number of fused-ring (bicyclic) bond motifs is 1. The van der Waals surface area contributed by atoms with Crippen LogP contribution in [0.1, 0.15) is 10.4 Å². The fourth-order valence-corrected chi connectivity index (χ4v) is 2.80. The van der Waals surface area contributed by atoms with E-state index < -0.39 is 0 Å². The van der Waals surface area contributed by atoms with Gasteiger partial charge in [0.2, 0.25) is 17.5 Å². The zero-order valence-corrected chi connectivity index (χ0v) is 13.9. The van der Waals surface area contributed by atoms with Crippen LogP contribution in [-0.4, -0.2) is 42.4 Å². The van der Waals surface area contributed by atoms with Crippen LogP contribution >= 0.6 is 0 Å². The van der Waals surface area contributed by atoms with Crippen molar-refractivity contribution in [3.8, 4) is 34.7 Å². The van der Waals surface area contributed by atoms with Gasteiger partial charge in [0.1, 0.15) is 6.29 Å². The lowest BCUT2D eigenvalue weighted by molar-refractivity contribution is 0.112. The lowest BCUT2D eigenvalue weighted by atomic mass is 10.1. The average molecular weight is 343 g/mol. The third-order valence-electron chi connectivity index (χ3n) is 3.99. The van der Waals surface area contributed by atoms with Crippen LogP contribution in [0.2, 0.25) is 0 Å². The van der Waals surface area contributed by atoms with Gasteiger partial charge in [-0.25, -0.2) is 0 Å². The summed E-state index contributed by atoms with van der Waals surface area (Å²) in [6.07, 6.45) is 0.673. The molecule has 0 unspecified atom stereocenters. The molecule has 0 fully saturated rings. The fourth-order valence-electron chi connectivity index (χ4n) is 2.80. The van der Waals surface area contributed by atoms with Gasteiger partial charge in [-0.05, 0) is 12.1 Å². The van der Waals surface area contributed by atoms with Gasteiger partial charge >= 0.3 is 0 Å². The molecule has 7 nitrogen and oxygen atoms in total. The number of methoxy groups -OCH3 is 3. The summed E-state index contributed by atoms with van der Waals surface area (Å²) < 4.78 is 17.1. The summed E-state index contributed by atoms with van der Waals surface area (Å²) in [6, 6.07) is 7.84. The Morgan fingerprint density at radius 3 is 2.00 bits per heavy atom. The molecule has 0 aliphatic rings. The SMILES string of the molecule is COc1cc(-n2c(O)c3ccc(C=O)cc3c2O)cc(OC)c1OC. The van der Waals surface area contributed by atoms with Crippen molar-refractivity contribution in [3.63, 3.8) is 0 Å². The molecule has 0 atom stereocenters. The van der Waals surface area contributed by atoms with Crippen LogP contribution < -0.4 is 14.2 Å². The largest absolute Gasteiger partial charge is 0.494 e. The standard InChI is InChI=1S/C18H17NO6/c1-23-14-7-11(8-15(24-2)16(14)25-3)19-17(21)12-5-4-10(9-20)6-13(12)18(19)22/h4-9,21-22H,1-3H3. The Morgan fingerprint density at radius 2 is 1.48 bits per heavy atom. The van der Waals surface area contributed by atoms with E-state index in [4.69, 9.17) is 14.2 Å². The molecule has 25 heavy (non-hydrogen) atoms. The Labute approximate surface area is 143 Å². The summed E-state index contributed by atoms with van der Waals surface area (Å²) in [5, 5.41) is 21.9. The summed E-state index contributed by atoms with van der Waals surface area (Å²) in [5.74, 6) is 0.779. The van der Waals surface area contributed by atoms with Crippen molar-refractivity contribution >= 4 is 17.1 Å². The fraction of sp³-hybridized carbons (Fsp3) is 0.167. The molecule has 3 aromatic rings. The van der Waals surface area contributed by atoms with Crippen molar-refractivity contribution in [1.82, 2.24) is 4.57 Å². The van der Waals surface area contributed by atoms with Gasteiger partial charge in [-0.3, -0.25) is 9.36 Å². The van der Waals surface area contributed by atoms with E-state index >= 15 is 0 Å². The summed E-state index contributed by atoms with van der Waals surface area (Å²) >= 11 is 0. The van der Waals surface area contributed by atoms with E-state index in [0.29, 0.717) is 45.6 Å². The van der Waals surface area contributed by atoms with Crippen molar-refractivity contribution < 1.29 is 29.2 Å². The molecule has 0 aliphatic heterocycles. The monoisotopic (exact) mass is 343 g/mol. The van der Waals surface area contributed by atoms with Gasteiger partial charge < -0.3 is 24.4 Å². The van der Waals surface area contributed by atoms with Gasteiger partial charge in [-0.2, -0.15) is 0 Å². The molecule has 0 saturated heterocycles. The summed E-state index contributed by atoms with van der Waals surface area (Å²) in [4.78, 5) is 11.0. The quantitative estimate of drug-likeness (QED) is 0.692. The molecular weight excluding hydrogens is 326 g/mol. The van der Waals surface area contributed by atoms with Gasteiger partial charge in [0.05, 0.1) is 27.0 Å². The number of ether oxygens (including phenoxy) is 3. The van der Waals surface area contributed by atoms with Crippen molar-refractivity contribution in [2.24, 2.45) is 0 Å². The maximum absolute atomic E-state index is 11.0. The number of carbonyl (C=O) groups is 1. The zero-order valence-electron chi connectivity index (χ0n) is 13.9. The third kappa shape index (κ3) is 2.50. The molecule has 130 valence electrons. The van der Waals surface area contributed by atoms with E-state index in [1.54, 1.807) is 24.3 Å². The van der Waals surface area contributed by atoms with Crippen LogP contribution in [0.15, 0.2) is 30.3 Å². The Hall–Kier alpha value is -3.35. The number of carbonyl (C=O) groups excluding carboxylic acids is 1.